The minimum absolute atomic E-state index is 0.430. The van der Waals surface area contributed by atoms with Gasteiger partial charge in [-0.25, -0.2) is 9.37 Å². The molecule has 3 aromatic carbocycles. The Morgan fingerprint density at radius 3 is 2.50 bits per heavy atom. The van der Waals surface area contributed by atoms with Crippen LogP contribution in [0.25, 0.3) is 33.3 Å². The highest BCUT2D eigenvalue weighted by Crippen LogP contribution is 2.38. The van der Waals surface area contributed by atoms with Crippen molar-refractivity contribution < 1.29 is 14.3 Å². The first-order valence-corrected chi connectivity index (χ1v) is 10.7. The molecule has 34 heavy (non-hydrogen) atoms. The zero-order valence-corrected chi connectivity index (χ0v) is 18.2. The SMILES string of the molecule is CC(Nc1c(C2=NC2)c(-c2ccc(-c3cccc(C#N)c3)cc2)nc2ccc(F)cc12)C(=O)O. The number of halogens is 1. The molecule has 1 aliphatic heterocycles. The van der Waals surface area contributed by atoms with Crippen LogP contribution >= 0.6 is 0 Å². The number of carbonyl (C=O) groups is 1. The zero-order chi connectivity index (χ0) is 23.8. The molecule has 2 heterocycles. The largest absolute Gasteiger partial charge is 0.480 e. The van der Waals surface area contributed by atoms with Crippen molar-refractivity contribution in [3.8, 4) is 28.5 Å². The number of hydrogen-bond donors (Lipinski definition) is 2. The number of anilines is 1. The number of nitriles is 1. The number of carboxylic acids is 1. The highest BCUT2D eigenvalue weighted by atomic mass is 19.1. The standard InChI is InChI=1S/C27H19FN4O2/c1-15(27(33)34)31-26-21-12-20(28)9-10-22(21)32-25(24(26)23-14-30-23)18-7-5-17(6-8-18)19-4-2-3-16(11-19)13-29/h2-12,15H,14H2,1H3,(H,31,32)(H,33,34). The molecule has 7 heteroatoms. The molecule has 5 rings (SSSR count). The van der Waals surface area contributed by atoms with Crippen molar-refractivity contribution >= 4 is 28.3 Å². The number of aromatic nitrogens is 1. The number of aliphatic carboxylic acids is 1. The Hall–Kier alpha value is -4.57. The Labute approximate surface area is 195 Å². The number of pyridine rings is 1. The van der Waals surface area contributed by atoms with Crippen molar-refractivity contribution in [1.82, 2.24) is 4.98 Å². The van der Waals surface area contributed by atoms with Crippen LogP contribution in [0.4, 0.5) is 10.1 Å². The van der Waals surface area contributed by atoms with Crippen LogP contribution in [0.3, 0.4) is 0 Å². The van der Waals surface area contributed by atoms with E-state index in [4.69, 9.17) is 4.98 Å². The van der Waals surface area contributed by atoms with Crippen LogP contribution in [0.2, 0.25) is 0 Å². The van der Waals surface area contributed by atoms with Crippen LogP contribution in [-0.4, -0.2) is 34.4 Å². The molecular weight excluding hydrogens is 431 g/mol. The van der Waals surface area contributed by atoms with Gasteiger partial charge in [-0.15, -0.1) is 0 Å². The fourth-order valence-corrected chi connectivity index (χ4v) is 3.94. The minimum Gasteiger partial charge on any atom is -0.480 e. The Morgan fingerprint density at radius 1 is 1.09 bits per heavy atom. The molecule has 1 unspecified atom stereocenters. The molecule has 1 aromatic heterocycles. The summed E-state index contributed by atoms with van der Waals surface area (Å²) in [4.78, 5) is 20.7. The normalized spacial score (nSPS) is 13.1. The Bertz CT molecular complexity index is 1520. The van der Waals surface area contributed by atoms with Crippen molar-refractivity contribution in [3.63, 3.8) is 0 Å². The summed E-state index contributed by atoms with van der Waals surface area (Å²) in [6, 6.07) is 20.7. The first-order valence-electron chi connectivity index (χ1n) is 10.7. The average molecular weight is 450 g/mol. The molecule has 166 valence electrons. The summed E-state index contributed by atoms with van der Waals surface area (Å²) in [6.45, 7) is 2.06. The summed E-state index contributed by atoms with van der Waals surface area (Å²) in [5.41, 5.74) is 6.47. The monoisotopic (exact) mass is 450 g/mol. The van der Waals surface area contributed by atoms with Gasteiger partial charge in [0.2, 0.25) is 0 Å². The van der Waals surface area contributed by atoms with Crippen LogP contribution in [-0.2, 0) is 4.79 Å². The number of nitrogens with one attached hydrogen (secondary N) is 1. The van der Waals surface area contributed by atoms with E-state index in [9.17, 15) is 19.6 Å². The molecule has 1 atom stereocenters. The molecule has 0 bridgehead atoms. The van der Waals surface area contributed by atoms with Crippen LogP contribution < -0.4 is 5.32 Å². The summed E-state index contributed by atoms with van der Waals surface area (Å²) in [6.07, 6.45) is 0. The summed E-state index contributed by atoms with van der Waals surface area (Å²) < 4.78 is 14.1. The first kappa shape index (κ1) is 21.3. The average Bonchev–Trinajstić information content (AvgIpc) is 3.69. The second kappa shape index (κ2) is 8.41. The van der Waals surface area contributed by atoms with Gasteiger partial charge in [-0.3, -0.25) is 9.79 Å². The van der Waals surface area contributed by atoms with Crippen molar-refractivity contribution in [3.05, 3.63) is 83.7 Å². The summed E-state index contributed by atoms with van der Waals surface area (Å²) in [7, 11) is 0. The van der Waals surface area contributed by atoms with Gasteiger partial charge in [0.25, 0.3) is 0 Å². The lowest BCUT2D eigenvalue weighted by atomic mass is 9.96. The molecule has 0 saturated heterocycles. The van der Waals surface area contributed by atoms with Gasteiger partial charge in [0, 0.05) is 16.5 Å². The quantitative estimate of drug-likeness (QED) is 0.417. The van der Waals surface area contributed by atoms with Crippen molar-refractivity contribution in [2.24, 2.45) is 4.99 Å². The molecule has 0 spiro atoms. The molecular formula is C27H19FN4O2. The lowest BCUT2D eigenvalue weighted by Gasteiger charge is -2.19. The lowest BCUT2D eigenvalue weighted by molar-refractivity contribution is -0.137. The third-order valence-corrected chi connectivity index (χ3v) is 5.77. The number of carboxylic acid groups (broad SMARTS) is 1. The van der Waals surface area contributed by atoms with E-state index >= 15 is 0 Å². The molecule has 2 N–H and O–H groups in total. The van der Waals surface area contributed by atoms with Crippen LogP contribution in [0.15, 0.2) is 71.7 Å². The van der Waals surface area contributed by atoms with E-state index in [2.05, 4.69) is 16.4 Å². The van der Waals surface area contributed by atoms with E-state index in [1.54, 1.807) is 12.1 Å². The van der Waals surface area contributed by atoms with Gasteiger partial charge in [0.05, 0.1) is 40.8 Å². The number of fused-ring (bicyclic) bond motifs is 1. The van der Waals surface area contributed by atoms with E-state index in [1.807, 2.05) is 42.5 Å². The minimum atomic E-state index is -1.02. The molecule has 0 amide bonds. The summed E-state index contributed by atoms with van der Waals surface area (Å²) in [5.74, 6) is -1.45. The molecule has 0 fully saturated rings. The maximum Gasteiger partial charge on any atom is 0.325 e. The number of rotatable bonds is 6. The van der Waals surface area contributed by atoms with Crippen molar-refractivity contribution in [2.45, 2.75) is 13.0 Å². The molecule has 4 aromatic rings. The van der Waals surface area contributed by atoms with E-state index in [-0.39, 0.29) is 0 Å². The third kappa shape index (κ3) is 3.97. The Balaban J connectivity index is 1.67. The molecule has 0 aliphatic carbocycles. The first-order chi connectivity index (χ1) is 16.4. The van der Waals surface area contributed by atoms with Crippen molar-refractivity contribution in [2.75, 3.05) is 11.9 Å². The lowest BCUT2D eigenvalue weighted by Crippen LogP contribution is -2.26. The highest BCUT2D eigenvalue weighted by molar-refractivity contribution is 6.21. The van der Waals surface area contributed by atoms with Crippen LogP contribution in [0, 0.1) is 17.1 Å². The van der Waals surface area contributed by atoms with E-state index in [0.29, 0.717) is 40.0 Å². The van der Waals surface area contributed by atoms with Gasteiger partial charge < -0.3 is 10.4 Å². The molecule has 1 aliphatic rings. The van der Waals surface area contributed by atoms with Crippen LogP contribution in [0.1, 0.15) is 18.1 Å². The molecule has 0 radical (unpaired) electrons. The fourth-order valence-electron chi connectivity index (χ4n) is 3.94. The zero-order valence-electron chi connectivity index (χ0n) is 18.2. The third-order valence-electron chi connectivity index (χ3n) is 5.77. The maximum absolute atomic E-state index is 14.1. The van der Waals surface area contributed by atoms with Gasteiger partial charge >= 0.3 is 5.97 Å². The van der Waals surface area contributed by atoms with Crippen LogP contribution in [0.5, 0.6) is 0 Å². The predicted octanol–water partition coefficient (Wildman–Crippen LogP) is 5.27. The molecule has 6 nitrogen and oxygen atoms in total. The van der Waals surface area contributed by atoms with E-state index in [0.717, 1.165) is 22.4 Å². The smallest absolute Gasteiger partial charge is 0.325 e. The van der Waals surface area contributed by atoms with E-state index < -0.39 is 17.8 Å². The maximum atomic E-state index is 14.1. The summed E-state index contributed by atoms with van der Waals surface area (Å²) in [5, 5.41) is 22.2. The Kier molecular flexibility index (Phi) is 5.27. The topological polar surface area (TPSA) is 98.4 Å². The van der Waals surface area contributed by atoms with Gasteiger partial charge in [0.1, 0.15) is 11.9 Å². The Morgan fingerprint density at radius 2 is 1.82 bits per heavy atom. The van der Waals surface area contributed by atoms with E-state index in [1.165, 1.54) is 19.1 Å². The predicted molar refractivity (Wildman–Crippen MR) is 129 cm³/mol. The number of aliphatic imine (C=N–C) groups is 1. The number of benzene rings is 3. The van der Waals surface area contributed by atoms with Gasteiger partial charge in [-0.1, -0.05) is 36.4 Å². The fraction of sp³-hybridized carbons (Fsp3) is 0.111. The summed E-state index contributed by atoms with van der Waals surface area (Å²) >= 11 is 0. The van der Waals surface area contributed by atoms with Gasteiger partial charge in [-0.05, 0) is 48.4 Å². The number of nitrogens with zero attached hydrogens (tertiary/aromatic N) is 3. The second-order valence-electron chi connectivity index (χ2n) is 8.11. The van der Waals surface area contributed by atoms with Crippen molar-refractivity contribution in [1.29, 1.82) is 5.26 Å². The molecule has 0 saturated carbocycles. The highest BCUT2D eigenvalue weighted by Gasteiger charge is 2.27. The van der Waals surface area contributed by atoms with Gasteiger partial charge in [0.15, 0.2) is 0 Å². The second-order valence-corrected chi connectivity index (χ2v) is 8.11. The number of hydrogen-bond acceptors (Lipinski definition) is 5. The van der Waals surface area contributed by atoms with Gasteiger partial charge in [-0.2, -0.15) is 5.26 Å².